The summed E-state index contributed by atoms with van der Waals surface area (Å²) in [6, 6.07) is 3.90. The number of pyridine rings is 1. The van der Waals surface area contributed by atoms with Crippen LogP contribution in [0.25, 0.3) is 10.1 Å². The van der Waals surface area contributed by atoms with E-state index >= 15 is 0 Å². The van der Waals surface area contributed by atoms with Gasteiger partial charge >= 0.3 is 0 Å². The Morgan fingerprint density at radius 1 is 1.42 bits per heavy atom. The Morgan fingerprint density at radius 3 is 2.84 bits per heavy atom. The summed E-state index contributed by atoms with van der Waals surface area (Å²) in [7, 11) is 0. The van der Waals surface area contributed by atoms with Crippen molar-refractivity contribution in [3.05, 3.63) is 21.6 Å². The number of hydrogen-bond donors (Lipinski definition) is 0. The van der Waals surface area contributed by atoms with E-state index in [0.717, 1.165) is 51.7 Å². The average Bonchev–Trinajstić information content (AvgIpc) is 2.82. The normalized spacial score (nSPS) is 16.0. The molecule has 0 spiro atoms. The minimum absolute atomic E-state index is 0.102. The Labute approximate surface area is 123 Å². The van der Waals surface area contributed by atoms with Gasteiger partial charge in [0.05, 0.1) is 22.8 Å². The number of halogens is 1. The fraction of sp³-hybridized carbons (Fsp3) is 0.385. The molecule has 0 atom stereocenters. The van der Waals surface area contributed by atoms with Crippen molar-refractivity contribution in [2.45, 2.75) is 6.92 Å². The molecule has 0 aliphatic carbocycles. The number of ether oxygens (including phenoxy) is 1. The Bertz CT molecular complexity index is 635. The summed E-state index contributed by atoms with van der Waals surface area (Å²) >= 11 is 4.97. The highest BCUT2D eigenvalue weighted by atomic mass is 79.9. The standard InChI is InChI=1S/C13H13BrN2O2S/c1-8(17)10-6-9-7-11(14)15-13(12(9)19-10)16-2-4-18-5-3-16/h6-7H,2-5H2,1H3. The number of carbonyl (C=O) groups excluding carboxylic acids is 1. The molecule has 3 heterocycles. The van der Waals surface area contributed by atoms with E-state index in [1.807, 2.05) is 12.1 Å². The van der Waals surface area contributed by atoms with E-state index in [9.17, 15) is 4.79 Å². The SMILES string of the molecule is CC(=O)c1cc2cc(Br)nc(N3CCOCC3)c2s1. The van der Waals surface area contributed by atoms with E-state index in [1.165, 1.54) is 11.3 Å². The molecule has 2 aromatic rings. The summed E-state index contributed by atoms with van der Waals surface area (Å²) in [6.07, 6.45) is 0. The first-order chi connectivity index (χ1) is 9.15. The van der Waals surface area contributed by atoms with Crippen LogP contribution in [-0.4, -0.2) is 37.1 Å². The van der Waals surface area contributed by atoms with Crippen LogP contribution in [0.15, 0.2) is 16.7 Å². The number of morpholine rings is 1. The van der Waals surface area contributed by atoms with Crippen molar-refractivity contribution in [1.29, 1.82) is 0 Å². The summed E-state index contributed by atoms with van der Waals surface area (Å²) in [5.41, 5.74) is 0. The molecule has 100 valence electrons. The number of rotatable bonds is 2. The molecule has 3 rings (SSSR count). The molecule has 2 aromatic heterocycles. The zero-order valence-electron chi connectivity index (χ0n) is 10.5. The van der Waals surface area contributed by atoms with Crippen LogP contribution in [0.1, 0.15) is 16.6 Å². The van der Waals surface area contributed by atoms with Crippen LogP contribution in [0.5, 0.6) is 0 Å². The maximum atomic E-state index is 11.5. The summed E-state index contributed by atoms with van der Waals surface area (Å²) in [6.45, 7) is 4.72. The minimum atomic E-state index is 0.102. The minimum Gasteiger partial charge on any atom is -0.378 e. The lowest BCUT2D eigenvalue weighted by Crippen LogP contribution is -2.36. The van der Waals surface area contributed by atoms with Gasteiger partial charge in [0.1, 0.15) is 10.4 Å². The molecular formula is C13H13BrN2O2S. The number of carbonyl (C=O) groups is 1. The van der Waals surface area contributed by atoms with Crippen LogP contribution in [0.4, 0.5) is 5.82 Å². The first-order valence-electron chi connectivity index (χ1n) is 6.09. The monoisotopic (exact) mass is 340 g/mol. The number of thiophene rings is 1. The maximum Gasteiger partial charge on any atom is 0.169 e. The Hall–Kier alpha value is -0.980. The van der Waals surface area contributed by atoms with Gasteiger partial charge in [-0.15, -0.1) is 11.3 Å². The third kappa shape index (κ3) is 2.52. The van der Waals surface area contributed by atoms with E-state index in [0.29, 0.717) is 0 Å². The molecule has 0 N–H and O–H groups in total. The zero-order chi connectivity index (χ0) is 13.4. The van der Waals surface area contributed by atoms with E-state index in [1.54, 1.807) is 6.92 Å². The van der Waals surface area contributed by atoms with Gasteiger partial charge < -0.3 is 9.64 Å². The molecular weight excluding hydrogens is 328 g/mol. The van der Waals surface area contributed by atoms with Crippen LogP contribution >= 0.6 is 27.3 Å². The molecule has 4 nitrogen and oxygen atoms in total. The lowest BCUT2D eigenvalue weighted by Gasteiger charge is -2.28. The third-order valence-electron chi connectivity index (χ3n) is 3.11. The molecule has 0 bridgehead atoms. The lowest BCUT2D eigenvalue weighted by molar-refractivity contribution is 0.102. The quantitative estimate of drug-likeness (QED) is 0.622. The highest BCUT2D eigenvalue weighted by molar-refractivity contribution is 9.10. The van der Waals surface area contributed by atoms with E-state index in [4.69, 9.17) is 4.74 Å². The predicted octanol–water partition coefficient (Wildman–Crippen LogP) is 3.10. The number of hydrogen-bond acceptors (Lipinski definition) is 5. The number of fused-ring (bicyclic) bond motifs is 1. The number of nitrogens with zero attached hydrogens (tertiary/aromatic N) is 2. The maximum absolute atomic E-state index is 11.5. The van der Waals surface area contributed by atoms with Gasteiger partial charge in [-0.2, -0.15) is 0 Å². The van der Waals surface area contributed by atoms with Gasteiger partial charge in [0.15, 0.2) is 5.78 Å². The lowest BCUT2D eigenvalue weighted by atomic mass is 10.2. The van der Waals surface area contributed by atoms with E-state index in [-0.39, 0.29) is 5.78 Å². The van der Waals surface area contributed by atoms with Crippen LogP contribution < -0.4 is 4.90 Å². The number of aromatic nitrogens is 1. The summed E-state index contributed by atoms with van der Waals surface area (Å²) in [5.74, 6) is 1.05. The highest BCUT2D eigenvalue weighted by Gasteiger charge is 2.18. The first-order valence-corrected chi connectivity index (χ1v) is 7.70. The van der Waals surface area contributed by atoms with Crippen molar-refractivity contribution in [3.63, 3.8) is 0 Å². The van der Waals surface area contributed by atoms with Crippen molar-refractivity contribution in [1.82, 2.24) is 4.98 Å². The van der Waals surface area contributed by atoms with Crippen molar-refractivity contribution >= 4 is 49.0 Å². The Morgan fingerprint density at radius 2 is 2.16 bits per heavy atom. The molecule has 1 saturated heterocycles. The van der Waals surface area contributed by atoms with E-state index < -0.39 is 0 Å². The van der Waals surface area contributed by atoms with Crippen molar-refractivity contribution in [3.8, 4) is 0 Å². The molecule has 19 heavy (non-hydrogen) atoms. The van der Waals surface area contributed by atoms with Gasteiger partial charge in [0, 0.05) is 13.1 Å². The molecule has 1 aliphatic heterocycles. The molecule has 1 fully saturated rings. The van der Waals surface area contributed by atoms with Crippen LogP contribution in [0, 0.1) is 0 Å². The van der Waals surface area contributed by atoms with Crippen LogP contribution in [0.3, 0.4) is 0 Å². The van der Waals surface area contributed by atoms with Gasteiger partial charge in [-0.1, -0.05) is 0 Å². The topological polar surface area (TPSA) is 42.4 Å². The zero-order valence-corrected chi connectivity index (χ0v) is 12.9. The van der Waals surface area contributed by atoms with Crippen molar-refractivity contribution < 1.29 is 9.53 Å². The molecule has 0 unspecified atom stereocenters. The van der Waals surface area contributed by atoms with Gasteiger partial charge in [0.2, 0.25) is 0 Å². The molecule has 0 saturated carbocycles. The molecule has 6 heteroatoms. The number of anilines is 1. The molecule has 1 aliphatic rings. The Kier molecular flexibility index (Phi) is 3.56. The predicted molar refractivity (Wildman–Crippen MR) is 80.4 cm³/mol. The molecule has 0 radical (unpaired) electrons. The van der Waals surface area contributed by atoms with Gasteiger partial charge in [-0.3, -0.25) is 4.79 Å². The second-order valence-electron chi connectivity index (χ2n) is 4.45. The van der Waals surface area contributed by atoms with Gasteiger partial charge in [0.25, 0.3) is 0 Å². The first kappa shape index (κ1) is 13.0. The fourth-order valence-electron chi connectivity index (χ4n) is 2.16. The Balaban J connectivity index is 2.13. The van der Waals surface area contributed by atoms with Gasteiger partial charge in [-0.25, -0.2) is 4.98 Å². The van der Waals surface area contributed by atoms with E-state index in [2.05, 4.69) is 25.8 Å². The van der Waals surface area contributed by atoms with Gasteiger partial charge in [-0.05, 0) is 40.4 Å². The van der Waals surface area contributed by atoms with Crippen LogP contribution in [0.2, 0.25) is 0 Å². The summed E-state index contributed by atoms with van der Waals surface area (Å²) in [5, 5.41) is 1.07. The third-order valence-corrected chi connectivity index (χ3v) is 4.76. The fourth-order valence-corrected chi connectivity index (χ4v) is 3.63. The average molecular weight is 341 g/mol. The van der Waals surface area contributed by atoms with Crippen molar-refractivity contribution in [2.75, 3.05) is 31.2 Å². The molecule has 0 amide bonds. The molecule has 0 aromatic carbocycles. The van der Waals surface area contributed by atoms with Crippen LogP contribution in [-0.2, 0) is 4.74 Å². The summed E-state index contributed by atoms with van der Waals surface area (Å²) < 4.78 is 7.25. The largest absolute Gasteiger partial charge is 0.378 e. The smallest absolute Gasteiger partial charge is 0.169 e. The summed E-state index contributed by atoms with van der Waals surface area (Å²) in [4.78, 5) is 19.1. The van der Waals surface area contributed by atoms with Crippen molar-refractivity contribution in [2.24, 2.45) is 0 Å². The highest BCUT2D eigenvalue weighted by Crippen LogP contribution is 2.35. The second-order valence-corrected chi connectivity index (χ2v) is 6.32. The second kappa shape index (κ2) is 5.19. The number of ketones is 1. The number of Topliss-reactive ketones (excluding diaryl/α,β-unsaturated/α-hetero) is 1.